The molecule has 1 fully saturated rings. The highest BCUT2D eigenvalue weighted by Gasteiger charge is 2.43. The van der Waals surface area contributed by atoms with Crippen molar-refractivity contribution in [3.63, 3.8) is 0 Å². The Balaban J connectivity index is 1.39. The number of nitrogens with zero attached hydrogens (tertiary/aromatic N) is 1. The lowest BCUT2D eigenvalue weighted by atomic mass is 9.74. The minimum Gasteiger partial charge on any atom is -0.492 e. The monoisotopic (exact) mass is 405 g/mol. The van der Waals surface area contributed by atoms with E-state index < -0.39 is 5.60 Å². The highest BCUT2D eigenvalue weighted by atomic mass is 16.6. The highest BCUT2D eigenvalue weighted by Crippen LogP contribution is 2.45. The maximum Gasteiger partial charge on any atom is 0.320 e. The van der Waals surface area contributed by atoms with Gasteiger partial charge in [0.25, 0.3) is 0 Å². The van der Waals surface area contributed by atoms with Gasteiger partial charge < -0.3 is 9.47 Å². The Bertz CT molecular complexity index is 919. The molecule has 4 nitrogen and oxygen atoms in total. The van der Waals surface area contributed by atoms with Crippen LogP contribution in [0, 0.1) is 0 Å². The van der Waals surface area contributed by atoms with E-state index in [9.17, 15) is 4.79 Å². The largest absolute Gasteiger partial charge is 0.492 e. The van der Waals surface area contributed by atoms with Gasteiger partial charge in [0.2, 0.25) is 0 Å². The van der Waals surface area contributed by atoms with Gasteiger partial charge in [-0.15, -0.1) is 0 Å². The summed E-state index contributed by atoms with van der Waals surface area (Å²) in [5.74, 6) is 0.863. The number of rotatable bonds is 4. The molecule has 0 aromatic heterocycles. The van der Waals surface area contributed by atoms with Gasteiger partial charge in [0.15, 0.2) is 0 Å². The fourth-order valence-electron chi connectivity index (χ4n) is 4.36. The van der Waals surface area contributed by atoms with Crippen LogP contribution in [0.5, 0.6) is 5.75 Å². The number of piperidine rings is 1. The molecule has 0 amide bonds. The molecule has 4 rings (SSSR count). The Hall–Kier alpha value is -2.59. The Morgan fingerprint density at radius 2 is 1.77 bits per heavy atom. The lowest BCUT2D eigenvalue weighted by Crippen LogP contribution is -2.46. The van der Waals surface area contributed by atoms with Crippen LogP contribution < -0.4 is 4.74 Å². The maximum atomic E-state index is 12.1. The molecule has 2 aliphatic rings. The fraction of sp³-hybridized carbons (Fsp3) is 0.423. The van der Waals surface area contributed by atoms with Crippen LogP contribution in [-0.4, -0.2) is 42.7 Å². The van der Waals surface area contributed by atoms with Gasteiger partial charge in [-0.05, 0) is 63.9 Å². The number of hydrogen-bond acceptors (Lipinski definition) is 4. The normalized spacial score (nSPS) is 18.4. The second-order valence-electron chi connectivity index (χ2n) is 9.43. The highest BCUT2D eigenvalue weighted by molar-refractivity contribution is 5.72. The molecule has 0 radical (unpaired) electrons. The number of carbonyl (C=O) groups excluding carboxylic acids is 1. The molecule has 0 atom stereocenters. The molecular weight excluding hydrogens is 374 g/mol. The van der Waals surface area contributed by atoms with Crippen LogP contribution in [0.15, 0.2) is 48.5 Å². The van der Waals surface area contributed by atoms with Gasteiger partial charge >= 0.3 is 5.97 Å². The van der Waals surface area contributed by atoms with E-state index in [4.69, 9.17) is 9.47 Å². The Labute approximate surface area is 179 Å². The van der Waals surface area contributed by atoms with Crippen molar-refractivity contribution in [2.75, 3.05) is 26.2 Å². The van der Waals surface area contributed by atoms with Gasteiger partial charge in [-0.1, -0.05) is 54.6 Å². The van der Waals surface area contributed by atoms with E-state index >= 15 is 0 Å². The number of fused-ring (bicyclic) bond motifs is 2. The molecule has 158 valence electrons. The lowest BCUT2D eigenvalue weighted by Gasteiger charge is -2.38. The molecule has 2 heterocycles. The zero-order valence-electron chi connectivity index (χ0n) is 18.2. The second-order valence-corrected chi connectivity index (χ2v) is 9.43. The summed E-state index contributed by atoms with van der Waals surface area (Å²) in [7, 11) is 0. The maximum absolute atomic E-state index is 12.1. The summed E-state index contributed by atoms with van der Waals surface area (Å²) in [5.41, 5.74) is 3.29. The third kappa shape index (κ3) is 4.76. The first-order chi connectivity index (χ1) is 14.3. The van der Waals surface area contributed by atoms with Crippen LogP contribution in [0.1, 0.15) is 50.3 Å². The zero-order chi connectivity index (χ0) is 21.2. The minimum absolute atomic E-state index is 0.0709. The number of ether oxygens (including phenoxy) is 2. The molecule has 0 saturated carbocycles. The van der Waals surface area contributed by atoms with E-state index in [0.29, 0.717) is 6.54 Å². The fourth-order valence-corrected chi connectivity index (χ4v) is 4.36. The SMILES string of the molecule is CC(C)(C)OC(=O)CN1CCC2(CC1)COc1cc(/C=C/c3ccccc3)ccc12. The Morgan fingerprint density at radius 3 is 2.47 bits per heavy atom. The van der Waals surface area contributed by atoms with Crippen LogP contribution in [0.3, 0.4) is 0 Å². The summed E-state index contributed by atoms with van der Waals surface area (Å²) in [4.78, 5) is 14.3. The number of benzene rings is 2. The average Bonchev–Trinajstić information content (AvgIpc) is 3.05. The summed E-state index contributed by atoms with van der Waals surface area (Å²) in [6.45, 7) is 8.60. The van der Waals surface area contributed by atoms with Crippen LogP contribution in [-0.2, 0) is 14.9 Å². The van der Waals surface area contributed by atoms with Crippen molar-refractivity contribution in [1.82, 2.24) is 4.90 Å². The standard InChI is InChI=1S/C26H31NO3/c1-25(2,3)30-24(28)18-27-15-13-26(14-16-27)19-29-23-17-21(11-12-22(23)26)10-9-20-7-5-4-6-8-20/h4-12,17H,13-16,18-19H2,1-3H3/b10-9+. The Morgan fingerprint density at radius 1 is 1.07 bits per heavy atom. The molecule has 30 heavy (non-hydrogen) atoms. The summed E-state index contributed by atoms with van der Waals surface area (Å²) in [6, 6.07) is 16.9. The molecule has 0 unspecified atom stereocenters. The van der Waals surface area contributed by atoms with E-state index in [1.165, 1.54) is 11.1 Å². The summed E-state index contributed by atoms with van der Waals surface area (Å²) in [6.07, 6.45) is 6.26. The summed E-state index contributed by atoms with van der Waals surface area (Å²) >= 11 is 0. The van der Waals surface area contributed by atoms with Crippen molar-refractivity contribution in [3.05, 3.63) is 65.2 Å². The first-order valence-corrected chi connectivity index (χ1v) is 10.8. The van der Waals surface area contributed by atoms with Crippen LogP contribution in [0.2, 0.25) is 0 Å². The number of esters is 1. The van der Waals surface area contributed by atoms with E-state index in [0.717, 1.165) is 43.9 Å². The first kappa shape index (κ1) is 20.7. The molecule has 2 aliphatic heterocycles. The van der Waals surface area contributed by atoms with Crippen LogP contribution in [0.4, 0.5) is 0 Å². The van der Waals surface area contributed by atoms with E-state index in [1.54, 1.807) is 0 Å². The third-order valence-electron chi connectivity index (χ3n) is 5.93. The van der Waals surface area contributed by atoms with E-state index in [1.807, 2.05) is 39.0 Å². The van der Waals surface area contributed by atoms with Crippen molar-refractivity contribution in [1.29, 1.82) is 0 Å². The smallest absolute Gasteiger partial charge is 0.320 e. The predicted octanol–water partition coefficient (Wildman–Crippen LogP) is 4.92. The molecule has 0 bridgehead atoms. The predicted molar refractivity (Wildman–Crippen MR) is 121 cm³/mol. The molecule has 4 heteroatoms. The van der Waals surface area contributed by atoms with Crippen LogP contribution >= 0.6 is 0 Å². The molecule has 1 saturated heterocycles. The van der Waals surface area contributed by atoms with Gasteiger partial charge in [0.1, 0.15) is 11.4 Å². The molecule has 1 spiro atoms. The number of carbonyl (C=O) groups is 1. The van der Waals surface area contributed by atoms with Crippen molar-refractivity contribution >= 4 is 18.1 Å². The number of hydrogen-bond donors (Lipinski definition) is 0. The van der Waals surface area contributed by atoms with Crippen molar-refractivity contribution in [2.24, 2.45) is 0 Å². The topological polar surface area (TPSA) is 38.8 Å². The minimum atomic E-state index is -0.432. The van der Waals surface area contributed by atoms with Gasteiger partial charge in [-0.2, -0.15) is 0 Å². The number of likely N-dealkylation sites (tertiary alicyclic amines) is 1. The van der Waals surface area contributed by atoms with Gasteiger partial charge in [-0.3, -0.25) is 9.69 Å². The van der Waals surface area contributed by atoms with E-state index in [2.05, 4.69) is 47.4 Å². The zero-order valence-corrected chi connectivity index (χ0v) is 18.2. The van der Waals surface area contributed by atoms with Crippen molar-refractivity contribution < 1.29 is 14.3 Å². The summed E-state index contributed by atoms with van der Waals surface area (Å²) < 4.78 is 11.6. The second kappa shape index (κ2) is 8.27. The van der Waals surface area contributed by atoms with Crippen LogP contribution in [0.25, 0.3) is 12.2 Å². The molecule has 2 aromatic carbocycles. The summed E-state index contributed by atoms with van der Waals surface area (Å²) in [5, 5.41) is 0. The Kier molecular flexibility index (Phi) is 5.70. The average molecular weight is 406 g/mol. The van der Waals surface area contributed by atoms with Crippen molar-refractivity contribution in [3.8, 4) is 5.75 Å². The first-order valence-electron chi connectivity index (χ1n) is 10.8. The molecular formula is C26H31NO3. The van der Waals surface area contributed by atoms with Gasteiger partial charge in [0, 0.05) is 11.0 Å². The molecule has 0 N–H and O–H groups in total. The third-order valence-corrected chi connectivity index (χ3v) is 5.93. The quantitative estimate of drug-likeness (QED) is 0.534. The van der Waals surface area contributed by atoms with Gasteiger partial charge in [0.05, 0.1) is 13.2 Å². The molecule has 0 aliphatic carbocycles. The van der Waals surface area contributed by atoms with Crippen molar-refractivity contribution in [2.45, 2.75) is 44.6 Å². The lowest BCUT2D eigenvalue weighted by molar-refractivity contribution is -0.156. The van der Waals surface area contributed by atoms with E-state index in [-0.39, 0.29) is 11.4 Å². The molecule has 2 aromatic rings. The van der Waals surface area contributed by atoms with Gasteiger partial charge in [-0.25, -0.2) is 0 Å².